The van der Waals surface area contributed by atoms with Gasteiger partial charge in [-0.1, -0.05) is 12.1 Å². The topological polar surface area (TPSA) is 141 Å². The molecule has 0 aromatic heterocycles. The predicted molar refractivity (Wildman–Crippen MR) is 105 cm³/mol. The van der Waals surface area contributed by atoms with Crippen molar-refractivity contribution in [2.75, 3.05) is 20.3 Å². The molecule has 11 heteroatoms. The zero-order chi connectivity index (χ0) is 21.5. The van der Waals surface area contributed by atoms with Gasteiger partial charge < -0.3 is 19.5 Å². The van der Waals surface area contributed by atoms with Crippen LogP contribution >= 0.6 is 0 Å². The highest BCUT2D eigenvalue weighted by Gasteiger charge is 2.27. The third kappa shape index (κ3) is 5.01. The second kappa shape index (κ2) is 9.37. The van der Waals surface area contributed by atoms with Gasteiger partial charge in [0, 0.05) is 11.6 Å². The number of fused-ring (bicyclic) bond motifs is 1. The third-order valence-electron chi connectivity index (χ3n) is 4.03. The molecule has 0 fully saturated rings. The first-order valence-electron chi connectivity index (χ1n) is 8.78. The molecule has 2 aromatic rings. The van der Waals surface area contributed by atoms with Gasteiger partial charge in [0.25, 0.3) is 11.8 Å². The Bertz CT molecular complexity index is 993. The zero-order valence-corrected chi connectivity index (χ0v) is 15.9. The molecule has 1 aliphatic heterocycles. The molecule has 1 atom stereocenters. The average Bonchev–Trinajstić information content (AvgIpc) is 2.77. The quantitative estimate of drug-likeness (QED) is 0.391. The van der Waals surface area contributed by atoms with Crippen LogP contribution in [0.3, 0.4) is 0 Å². The molecule has 30 heavy (non-hydrogen) atoms. The number of para-hydroxylation sites is 2. The Hall–Kier alpha value is -4.15. The first-order chi connectivity index (χ1) is 14.5. The van der Waals surface area contributed by atoms with Gasteiger partial charge in [0.1, 0.15) is 6.61 Å². The highest BCUT2D eigenvalue weighted by molar-refractivity contribution is 5.88. The molecule has 11 nitrogen and oxygen atoms in total. The van der Waals surface area contributed by atoms with Crippen LogP contribution in [-0.2, 0) is 9.59 Å². The van der Waals surface area contributed by atoms with Crippen LogP contribution < -0.4 is 25.0 Å². The molecule has 2 aromatic carbocycles. The Morgan fingerprint density at radius 3 is 2.80 bits per heavy atom. The lowest BCUT2D eigenvalue weighted by molar-refractivity contribution is -0.385. The van der Waals surface area contributed by atoms with Crippen molar-refractivity contribution in [1.82, 2.24) is 10.7 Å². The van der Waals surface area contributed by atoms with E-state index in [4.69, 9.17) is 14.2 Å². The molecule has 0 spiro atoms. The number of nitro groups is 1. The van der Waals surface area contributed by atoms with E-state index in [0.29, 0.717) is 17.1 Å². The van der Waals surface area contributed by atoms with E-state index >= 15 is 0 Å². The van der Waals surface area contributed by atoms with Gasteiger partial charge in [0.15, 0.2) is 17.2 Å². The smallest absolute Gasteiger partial charge is 0.311 e. The molecule has 3 rings (SSSR count). The van der Waals surface area contributed by atoms with E-state index in [-0.39, 0.29) is 24.6 Å². The van der Waals surface area contributed by atoms with Gasteiger partial charge in [0.2, 0.25) is 6.10 Å². The molecule has 0 radical (unpaired) electrons. The maximum absolute atomic E-state index is 12.2. The summed E-state index contributed by atoms with van der Waals surface area (Å²) in [5.74, 6) is 0.0218. The van der Waals surface area contributed by atoms with Crippen LogP contribution in [0.15, 0.2) is 47.6 Å². The molecule has 0 saturated carbocycles. The number of hydrogen-bond acceptors (Lipinski definition) is 8. The molecular weight excluding hydrogens is 396 g/mol. The Labute approximate surface area is 170 Å². The largest absolute Gasteiger partial charge is 0.490 e. The van der Waals surface area contributed by atoms with Crippen LogP contribution in [0.1, 0.15) is 5.56 Å². The summed E-state index contributed by atoms with van der Waals surface area (Å²) in [6.45, 7) is -0.306. The predicted octanol–water partition coefficient (Wildman–Crippen LogP) is 1.01. The van der Waals surface area contributed by atoms with Crippen molar-refractivity contribution in [3.05, 3.63) is 58.1 Å². The zero-order valence-electron chi connectivity index (χ0n) is 15.9. The number of hydrogen-bond donors (Lipinski definition) is 2. The van der Waals surface area contributed by atoms with Gasteiger partial charge in [-0.15, -0.1) is 0 Å². The minimum absolute atomic E-state index is 0.0267. The second-order valence-electron chi connectivity index (χ2n) is 6.06. The van der Waals surface area contributed by atoms with E-state index in [1.165, 1.54) is 25.5 Å². The molecule has 156 valence electrons. The standard InChI is InChI=1S/C19H18N4O7/c1-28-14-7-6-12(8-13(14)23(26)27)9-21-22-18(24)10-20-19(25)17-11-29-15-4-2-3-5-16(15)30-17/h2-9,17H,10-11H2,1H3,(H,20,25)(H,22,24)/b21-9-/t17-/m0/s1. The lowest BCUT2D eigenvalue weighted by atomic mass is 10.2. The van der Waals surface area contributed by atoms with Crippen molar-refractivity contribution in [2.24, 2.45) is 5.10 Å². The summed E-state index contributed by atoms with van der Waals surface area (Å²) in [6, 6.07) is 11.2. The van der Waals surface area contributed by atoms with E-state index in [9.17, 15) is 19.7 Å². The lowest BCUT2D eigenvalue weighted by Gasteiger charge is -2.25. The van der Waals surface area contributed by atoms with Gasteiger partial charge in [-0.2, -0.15) is 5.10 Å². The number of amides is 2. The van der Waals surface area contributed by atoms with Gasteiger partial charge in [-0.25, -0.2) is 5.43 Å². The van der Waals surface area contributed by atoms with Gasteiger partial charge in [0.05, 0.1) is 24.8 Å². The fourth-order valence-corrected chi connectivity index (χ4v) is 2.58. The van der Waals surface area contributed by atoms with E-state index in [1.54, 1.807) is 30.3 Å². The maximum atomic E-state index is 12.2. The first kappa shape index (κ1) is 20.6. The second-order valence-corrected chi connectivity index (χ2v) is 6.06. The van der Waals surface area contributed by atoms with Crippen LogP contribution in [0.4, 0.5) is 5.69 Å². The summed E-state index contributed by atoms with van der Waals surface area (Å²) in [4.78, 5) is 34.4. The number of nitrogens with one attached hydrogen (secondary N) is 2. The van der Waals surface area contributed by atoms with E-state index in [2.05, 4.69) is 15.8 Å². The van der Waals surface area contributed by atoms with Gasteiger partial charge in [-0.3, -0.25) is 19.7 Å². The van der Waals surface area contributed by atoms with Crippen LogP contribution in [-0.4, -0.2) is 49.3 Å². The Kier molecular flexibility index (Phi) is 6.42. The molecule has 0 unspecified atom stereocenters. The van der Waals surface area contributed by atoms with E-state index in [1.807, 2.05) is 0 Å². The van der Waals surface area contributed by atoms with Crippen molar-refractivity contribution in [3.8, 4) is 17.2 Å². The summed E-state index contributed by atoms with van der Waals surface area (Å²) in [6.07, 6.45) is 0.359. The van der Waals surface area contributed by atoms with Crippen molar-refractivity contribution in [2.45, 2.75) is 6.10 Å². The number of hydrazone groups is 1. The minimum Gasteiger partial charge on any atom is -0.490 e. The molecule has 1 heterocycles. The molecule has 0 saturated heterocycles. The van der Waals surface area contributed by atoms with Crippen molar-refractivity contribution < 1.29 is 28.7 Å². The number of carbonyl (C=O) groups is 2. The van der Waals surface area contributed by atoms with E-state index in [0.717, 1.165) is 0 Å². The highest BCUT2D eigenvalue weighted by Crippen LogP contribution is 2.30. The molecule has 2 N–H and O–H groups in total. The highest BCUT2D eigenvalue weighted by atomic mass is 16.6. The molecule has 0 bridgehead atoms. The van der Waals surface area contributed by atoms with Crippen LogP contribution in [0.5, 0.6) is 17.2 Å². The summed E-state index contributed by atoms with van der Waals surface area (Å²) in [7, 11) is 1.33. The molecule has 2 amide bonds. The van der Waals surface area contributed by atoms with Gasteiger partial charge >= 0.3 is 5.69 Å². The Morgan fingerprint density at radius 2 is 2.07 bits per heavy atom. The van der Waals surface area contributed by atoms with Crippen LogP contribution in [0.2, 0.25) is 0 Å². The van der Waals surface area contributed by atoms with Crippen molar-refractivity contribution >= 4 is 23.7 Å². The third-order valence-corrected chi connectivity index (χ3v) is 4.03. The number of carbonyl (C=O) groups excluding carboxylic acids is 2. The van der Waals surface area contributed by atoms with Crippen molar-refractivity contribution in [1.29, 1.82) is 0 Å². The number of rotatable bonds is 7. The number of ether oxygens (including phenoxy) is 3. The number of nitrogens with zero attached hydrogens (tertiary/aromatic N) is 2. The molecular formula is C19H18N4O7. The molecule has 0 aliphatic carbocycles. The number of benzene rings is 2. The average molecular weight is 414 g/mol. The Morgan fingerprint density at radius 1 is 1.30 bits per heavy atom. The summed E-state index contributed by atoms with van der Waals surface area (Å²) < 4.78 is 15.9. The number of methoxy groups -OCH3 is 1. The number of nitro benzene ring substituents is 1. The fourth-order valence-electron chi connectivity index (χ4n) is 2.58. The fraction of sp³-hybridized carbons (Fsp3) is 0.211. The summed E-state index contributed by atoms with van der Waals surface area (Å²) in [5.41, 5.74) is 2.39. The molecule has 1 aliphatic rings. The SMILES string of the molecule is COc1ccc(/C=N\NC(=O)CNC(=O)[C@@H]2COc3ccccc3O2)cc1[N+](=O)[O-]. The lowest BCUT2D eigenvalue weighted by Crippen LogP contribution is -2.46. The van der Waals surface area contributed by atoms with Gasteiger partial charge in [-0.05, 0) is 24.3 Å². The van der Waals surface area contributed by atoms with Crippen LogP contribution in [0.25, 0.3) is 0 Å². The monoisotopic (exact) mass is 414 g/mol. The van der Waals surface area contributed by atoms with E-state index < -0.39 is 22.8 Å². The normalized spacial score (nSPS) is 14.8. The summed E-state index contributed by atoms with van der Waals surface area (Å²) >= 11 is 0. The van der Waals surface area contributed by atoms with Crippen molar-refractivity contribution in [3.63, 3.8) is 0 Å². The summed E-state index contributed by atoms with van der Waals surface area (Å²) in [5, 5.41) is 17.2. The maximum Gasteiger partial charge on any atom is 0.311 e. The minimum atomic E-state index is -0.879. The Balaban J connectivity index is 1.48. The first-order valence-corrected chi connectivity index (χ1v) is 8.78. The van der Waals surface area contributed by atoms with Crippen LogP contribution in [0, 0.1) is 10.1 Å².